The SMILES string of the molecule is CC1(C)C(=O)Nc2ccc(N(CCCl)C(=O)[C@H](O)[C@@H](O)C(=O)Nc3ccc(-c4noc(=O)[nH]4)cc3)cc21.N. The van der Waals surface area contributed by atoms with E-state index >= 15 is 0 Å². The molecule has 4 rings (SSSR count). The Hall–Kier alpha value is -4.04. The van der Waals surface area contributed by atoms with Crippen molar-refractivity contribution in [3.8, 4) is 11.4 Å². The summed E-state index contributed by atoms with van der Waals surface area (Å²) in [5, 5.41) is 29.7. The minimum Gasteiger partial charge on any atom is -0.380 e. The van der Waals surface area contributed by atoms with E-state index in [4.69, 9.17) is 11.6 Å². The molecule has 2 aromatic carbocycles. The van der Waals surface area contributed by atoms with E-state index in [1.165, 1.54) is 24.3 Å². The summed E-state index contributed by atoms with van der Waals surface area (Å²) in [6.45, 7) is 3.47. The van der Waals surface area contributed by atoms with Crippen molar-refractivity contribution < 1.29 is 29.1 Å². The van der Waals surface area contributed by atoms with Gasteiger partial charge in [0.05, 0.1) is 5.41 Å². The minimum atomic E-state index is -2.09. The Kier molecular flexibility index (Phi) is 8.37. The first kappa shape index (κ1) is 28.5. The van der Waals surface area contributed by atoms with E-state index in [1.54, 1.807) is 32.0 Å². The summed E-state index contributed by atoms with van der Waals surface area (Å²) in [5.41, 5.74) is 1.55. The molecule has 0 saturated heterocycles. The zero-order valence-corrected chi connectivity index (χ0v) is 21.3. The molecule has 1 aliphatic heterocycles. The van der Waals surface area contributed by atoms with Crippen molar-refractivity contribution >= 4 is 46.4 Å². The molecular formula is C24H27ClN6O7. The number of carbonyl (C=O) groups excluding carboxylic acids is 3. The Morgan fingerprint density at radius 3 is 2.42 bits per heavy atom. The van der Waals surface area contributed by atoms with Crippen molar-refractivity contribution in [1.29, 1.82) is 0 Å². The highest BCUT2D eigenvalue weighted by Gasteiger charge is 2.39. The van der Waals surface area contributed by atoms with E-state index in [0.717, 1.165) is 4.90 Å². The van der Waals surface area contributed by atoms with E-state index in [0.29, 0.717) is 22.5 Å². The van der Waals surface area contributed by atoms with Crippen LogP contribution in [0.25, 0.3) is 11.4 Å². The van der Waals surface area contributed by atoms with Crippen LogP contribution >= 0.6 is 11.6 Å². The molecule has 0 fully saturated rings. The molecule has 2 heterocycles. The lowest BCUT2D eigenvalue weighted by molar-refractivity contribution is -0.141. The smallest absolute Gasteiger partial charge is 0.380 e. The lowest BCUT2D eigenvalue weighted by atomic mass is 9.86. The Morgan fingerprint density at radius 2 is 1.82 bits per heavy atom. The number of aromatic nitrogens is 2. The van der Waals surface area contributed by atoms with Crippen LogP contribution in [0.4, 0.5) is 17.1 Å². The van der Waals surface area contributed by atoms with Crippen LogP contribution in [0.3, 0.4) is 0 Å². The molecule has 0 unspecified atom stereocenters. The second kappa shape index (κ2) is 11.1. The minimum absolute atomic E-state index is 0. The number of fused-ring (bicyclic) bond motifs is 1. The molecule has 0 bridgehead atoms. The molecule has 2 atom stereocenters. The van der Waals surface area contributed by atoms with Crippen LogP contribution < -0.4 is 27.4 Å². The molecule has 38 heavy (non-hydrogen) atoms. The van der Waals surface area contributed by atoms with Crippen molar-refractivity contribution in [2.24, 2.45) is 0 Å². The summed E-state index contributed by atoms with van der Waals surface area (Å²) in [5.74, 6) is -2.65. The van der Waals surface area contributed by atoms with Gasteiger partial charge < -0.3 is 31.9 Å². The normalized spacial score (nSPS) is 15.0. The molecule has 0 radical (unpaired) electrons. The van der Waals surface area contributed by atoms with E-state index in [9.17, 15) is 29.4 Å². The molecule has 0 saturated carbocycles. The molecule has 3 amide bonds. The third-order valence-corrected chi connectivity index (χ3v) is 6.23. The molecule has 14 heteroatoms. The molecular weight excluding hydrogens is 520 g/mol. The van der Waals surface area contributed by atoms with Gasteiger partial charge in [-0.2, -0.15) is 0 Å². The van der Waals surface area contributed by atoms with Gasteiger partial charge in [-0.25, -0.2) is 4.79 Å². The lowest BCUT2D eigenvalue weighted by Crippen LogP contribution is -2.50. The van der Waals surface area contributed by atoms with Gasteiger partial charge >= 0.3 is 5.76 Å². The van der Waals surface area contributed by atoms with Gasteiger partial charge in [0.2, 0.25) is 5.91 Å². The molecule has 0 spiro atoms. The van der Waals surface area contributed by atoms with Crippen molar-refractivity contribution in [3.63, 3.8) is 0 Å². The van der Waals surface area contributed by atoms with Gasteiger partial charge in [0.25, 0.3) is 11.8 Å². The Labute approximate surface area is 221 Å². The van der Waals surface area contributed by atoms with Crippen LogP contribution in [-0.4, -0.2) is 62.7 Å². The number of nitrogens with zero attached hydrogens (tertiary/aromatic N) is 2. The number of amides is 3. The standard InChI is InChI=1S/C24H24ClN5O7.H3N/c1-24(2)15-11-14(7-8-16(15)27-22(24)35)30(10-9-25)21(34)18(32)17(31)20(33)26-13-5-3-12(4-6-13)19-28-23(36)37-29-19;/h3-8,11,17-18,31-32H,9-10H2,1-2H3,(H,26,33)(H,27,35)(H,28,29,36);1H3/t17-,18-;/m1./s1. The number of hydrogen-bond acceptors (Lipinski definition) is 9. The van der Waals surface area contributed by atoms with E-state index in [2.05, 4.69) is 25.3 Å². The van der Waals surface area contributed by atoms with Crippen LogP contribution in [0.5, 0.6) is 0 Å². The zero-order chi connectivity index (χ0) is 26.9. The molecule has 1 aliphatic rings. The number of nitrogens with one attached hydrogen (secondary N) is 3. The number of aliphatic hydroxyl groups excluding tert-OH is 2. The summed E-state index contributed by atoms with van der Waals surface area (Å²) >= 11 is 5.89. The predicted molar refractivity (Wildman–Crippen MR) is 139 cm³/mol. The monoisotopic (exact) mass is 546 g/mol. The van der Waals surface area contributed by atoms with E-state index in [1.807, 2.05) is 0 Å². The van der Waals surface area contributed by atoms with Gasteiger partial charge in [-0.05, 0) is 61.9 Å². The first-order valence-electron chi connectivity index (χ1n) is 11.2. The second-order valence-corrected chi connectivity index (χ2v) is 9.27. The van der Waals surface area contributed by atoms with Crippen molar-refractivity contribution in [3.05, 3.63) is 58.6 Å². The van der Waals surface area contributed by atoms with Crippen molar-refractivity contribution in [1.82, 2.24) is 16.3 Å². The number of halogens is 1. The van der Waals surface area contributed by atoms with Gasteiger partial charge in [-0.1, -0.05) is 5.16 Å². The molecule has 3 aromatic rings. The fraction of sp³-hybridized carbons (Fsp3) is 0.292. The van der Waals surface area contributed by atoms with E-state index < -0.39 is 35.2 Å². The largest absolute Gasteiger partial charge is 0.439 e. The fourth-order valence-corrected chi connectivity index (χ4v) is 4.07. The number of aliphatic hydroxyl groups is 2. The molecule has 8 N–H and O–H groups in total. The summed E-state index contributed by atoms with van der Waals surface area (Å²) < 4.78 is 4.45. The molecule has 13 nitrogen and oxygen atoms in total. The predicted octanol–water partition coefficient (Wildman–Crippen LogP) is 1.35. The first-order valence-corrected chi connectivity index (χ1v) is 11.7. The number of aromatic amines is 1. The fourth-order valence-electron chi connectivity index (χ4n) is 3.90. The zero-order valence-electron chi connectivity index (χ0n) is 20.5. The third kappa shape index (κ3) is 5.45. The van der Waals surface area contributed by atoms with Gasteiger partial charge in [0.1, 0.15) is 0 Å². The summed E-state index contributed by atoms with van der Waals surface area (Å²) in [6, 6.07) is 10.9. The third-order valence-electron chi connectivity index (χ3n) is 6.07. The summed E-state index contributed by atoms with van der Waals surface area (Å²) in [4.78, 5) is 52.6. The maximum Gasteiger partial charge on any atom is 0.439 e. The Balaban J connectivity index is 0.00000400. The highest BCUT2D eigenvalue weighted by Crippen LogP contribution is 2.39. The van der Waals surface area contributed by atoms with Crippen LogP contribution in [0.15, 0.2) is 51.8 Å². The van der Waals surface area contributed by atoms with Crippen LogP contribution in [0, 0.1) is 0 Å². The van der Waals surface area contributed by atoms with Gasteiger partial charge in [0, 0.05) is 35.1 Å². The number of anilines is 3. The van der Waals surface area contributed by atoms with E-state index in [-0.39, 0.29) is 36.0 Å². The molecule has 1 aromatic heterocycles. The Morgan fingerprint density at radius 1 is 1.13 bits per heavy atom. The number of carbonyl (C=O) groups is 3. The highest BCUT2D eigenvalue weighted by atomic mass is 35.5. The number of H-pyrrole nitrogens is 1. The number of hydrogen-bond donors (Lipinski definition) is 6. The van der Waals surface area contributed by atoms with Crippen LogP contribution in [0.1, 0.15) is 19.4 Å². The first-order chi connectivity index (χ1) is 17.5. The van der Waals surface area contributed by atoms with Gasteiger partial charge in [0.15, 0.2) is 18.0 Å². The highest BCUT2D eigenvalue weighted by molar-refractivity contribution is 6.18. The summed E-state index contributed by atoms with van der Waals surface area (Å²) in [6.07, 6.45) is -4.19. The van der Waals surface area contributed by atoms with Crippen LogP contribution in [0.2, 0.25) is 0 Å². The average molecular weight is 547 g/mol. The van der Waals surface area contributed by atoms with Gasteiger partial charge in [-0.3, -0.25) is 23.9 Å². The Bertz CT molecular complexity index is 1400. The lowest BCUT2D eigenvalue weighted by Gasteiger charge is -2.27. The van der Waals surface area contributed by atoms with Crippen molar-refractivity contribution in [2.75, 3.05) is 28.0 Å². The maximum absolute atomic E-state index is 13.1. The van der Waals surface area contributed by atoms with Gasteiger partial charge in [-0.15, -0.1) is 11.6 Å². The number of alkyl halides is 1. The van der Waals surface area contributed by atoms with Crippen LogP contribution in [-0.2, 0) is 19.8 Å². The number of rotatable bonds is 8. The molecule has 0 aliphatic carbocycles. The van der Waals surface area contributed by atoms with Crippen molar-refractivity contribution in [2.45, 2.75) is 31.5 Å². The molecule has 202 valence electrons. The quantitative estimate of drug-likeness (QED) is 0.224. The summed E-state index contributed by atoms with van der Waals surface area (Å²) in [7, 11) is 0. The maximum atomic E-state index is 13.1. The average Bonchev–Trinajstić information content (AvgIpc) is 3.41. The topological polar surface area (TPSA) is 213 Å². The number of benzene rings is 2. The second-order valence-electron chi connectivity index (χ2n) is 8.89.